The van der Waals surface area contributed by atoms with Crippen molar-refractivity contribution in [1.29, 1.82) is 0 Å². The van der Waals surface area contributed by atoms with Gasteiger partial charge in [0, 0.05) is 48.8 Å². The van der Waals surface area contributed by atoms with Gasteiger partial charge in [0.2, 0.25) is 5.91 Å². The van der Waals surface area contributed by atoms with E-state index in [1.54, 1.807) is 43.3 Å². The number of carbonyl (C=O) groups excluding carboxylic acids is 4. The van der Waals surface area contributed by atoms with Gasteiger partial charge in [0.1, 0.15) is 11.7 Å². The molecule has 1 saturated heterocycles. The summed E-state index contributed by atoms with van der Waals surface area (Å²) in [6, 6.07) is 11.6. The van der Waals surface area contributed by atoms with E-state index in [0.29, 0.717) is 41.5 Å². The standard InChI is InChI=1S/C27H28ClN5O4/c1-16-8-10-20(13-21(16)28)32(4)27(37)31(3)15-18-6-5-7-19(12-18)30-22-14-24(34)33(26(22)36)23-11-9-17(2)29-25(23)35/h5-8,10,12-14,23,30H,2,9,11,15H2,1,3-4H3,(H,29,35). The van der Waals surface area contributed by atoms with E-state index in [9.17, 15) is 19.2 Å². The summed E-state index contributed by atoms with van der Waals surface area (Å²) in [7, 11) is 3.37. The highest BCUT2D eigenvalue weighted by atomic mass is 35.5. The molecule has 2 aromatic carbocycles. The smallest absolute Gasteiger partial charge is 0.324 e. The first kappa shape index (κ1) is 26.0. The first-order valence-corrected chi connectivity index (χ1v) is 12.1. The Kier molecular flexibility index (Phi) is 7.35. The number of allylic oxidation sites excluding steroid dienone is 1. The van der Waals surface area contributed by atoms with E-state index in [1.807, 2.05) is 25.1 Å². The zero-order valence-corrected chi connectivity index (χ0v) is 21.6. The van der Waals surface area contributed by atoms with E-state index in [0.717, 1.165) is 16.0 Å². The number of halogens is 1. The lowest BCUT2D eigenvalue weighted by Gasteiger charge is -2.29. The van der Waals surface area contributed by atoms with E-state index >= 15 is 0 Å². The first-order chi connectivity index (χ1) is 17.5. The van der Waals surface area contributed by atoms with E-state index in [4.69, 9.17) is 11.6 Å². The molecule has 2 aliphatic rings. The van der Waals surface area contributed by atoms with Gasteiger partial charge in [-0.15, -0.1) is 0 Å². The molecule has 2 aliphatic heterocycles. The number of anilines is 2. The largest absolute Gasteiger partial charge is 0.351 e. The number of hydrogen-bond donors (Lipinski definition) is 2. The van der Waals surface area contributed by atoms with Gasteiger partial charge in [-0.25, -0.2) is 4.79 Å². The number of carbonyl (C=O) groups is 4. The quantitative estimate of drug-likeness (QED) is 0.563. The van der Waals surface area contributed by atoms with Crippen LogP contribution < -0.4 is 15.5 Å². The normalized spacial score (nSPS) is 17.5. The highest BCUT2D eigenvalue weighted by Gasteiger charge is 2.41. The van der Waals surface area contributed by atoms with Gasteiger partial charge in [-0.05, 0) is 55.2 Å². The van der Waals surface area contributed by atoms with Gasteiger partial charge in [-0.1, -0.05) is 36.4 Å². The lowest BCUT2D eigenvalue weighted by molar-refractivity contribution is -0.146. The van der Waals surface area contributed by atoms with Crippen molar-refractivity contribution in [3.8, 4) is 0 Å². The molecule has 0 bridgehead atoms. The molecule has 2 N–H and O–H groups in total. The van der Waals surface area contributed by atoms with Crippen LogP contribution in [0.2, 0.25) is 5.02 Å². The topological polar surface area (TPSA) is 102 Å². The second kappa shape index (κ2) is 10.5. The molecule has 0 aromatic heterocycles. The summed E-state index contributed by atoms with van der Waals surface area (Å²) in [5.41, 5.74) is 3.65. The Bertz CT molecular complexity index is 1340. The summed E-state index contributed by atoms with van der Waals surface area (Å²) < 4.78 is 0. The zero-order chi connectivity index (χ0) is 26.9. The molecular formula is C27H28ClN5O4. The molecule has 0 radical (unpaired) electrons. The van der Waals surface area contributed by atoms with Gasteiger partial charge in [-0.2, -0.15) is 0 Å². The Morgan fingerprint density at radius 2 is 1.95 bits per heavy atom. The molecule has 5 amide bonds. The van der Waals surface area contributed by atoms with Gasteiger partial charge in [-0.3, -0.25) is 24.2 Å². The van der Waals surface area contributed by atoms with Gasteiger partial charge in [0.05, 0.1) is 0 Å². The number of piperidine rings is 1. The molecule has 1 atom stereocenters. The summed E-state index contributed by atoms with van der Waals surface area (Å²) in [5, 5.41) is 6.18. The van der Waals surface area contributed by atoms with Crippen molar-refractivity contribution in [2.45, 2.75) is 32.4 Å². The number of hydrogen-bond acceptors (Lipinski definition) is 5. The first-order valence-electron chi connectivity index (χ1n) is 11.7. The monoisotopic (exact) mass is 521 g/mol. The van der Waals surface area contributed by atoms with Crippen molar-refractivity contribution in [2.24, 2.45) is 0 Å². The predicted octanol–water partition coefficient (Wildman–Crippen LogP) is 3.79. The Hall–Kier alpha value is -4.11. The minimum atomic E-state index is -0.868. The molecule has 2 aromatic rings. The maximum atomic E-state index is 13.0. The second-order valence-corrected chi connectivity index (χ2v) is 9.58. The molecule has 2 heterocycles. The van der Waals surface area contributed by atoms with Gasteiger partial charge in [0.25, 0.3) is 11.8 Å². The molecule has 1 unspecified atom stereocenters. The van der Waals surface area contributed by atoms with Crippen LogP contribution in [0.4, 0.5) is 16.2 Å². The van der Waals surface area contributed by atoms with Crippen LogP contribution in [0, 0.1) is 6.92 Å². The average molecular weight is 522 g/mol. The van der Waals surface area contributed by atoms with E-state index in [-0.39, 0.29) is 11.7 Å². The summed E-state index contributed by atoms with van der Waals surface area (Å²) in [5.74, 6) is -1.52. The van der Waals surface area contributed by atoms with Crippen molar-refractivity contribution in [2.75, 3.05) is 24.3 Å². The molecule has 0 spiro atoms. The highest BCUT2D eigenvalue weighted by molar-refractivity contribution is 6.31. The molecule has 1 fully saturated rings. The van der Waals surface area contributed by atoms with Crippen LogP contribution in [-0.4, -0.2) is 53.7 Å². The number of urea groups is 1. The van der Waals surface area contributed by atoms with Crippen LogP contribution in [0.3, 0.4) is 0 Å². The minimum absolute atomic E-state index is 0.0831. The maximum absolute atomic E-state index is 13.0. The van der Waals surface area contributed by atoms with Crippen LogP contribution >= 0.6 is 11.6 Å². The SMILES string of the molecule is C=C1CCC(N2C(=O)C=C(Nc3cccc(CN(C)C(=O)N(C)c4ccc(C)c(Cl)c4)c3)C2=O)C(=O)N1. The highest BCUT2D eigenvalue weighted by Crippen LogP contribution is 2.26. The lowest BCUT2D eigenvalue weighted by Crippen LogP contribution is -2.52. The third kappa shape index (κ3) is 5.51. The number of nitrogens with zero attached hydrogens (tertiary/aromatic N) is 3. The molecule has 10 heteroatoms. The summed E-state index contributed by atoms with van der Waals surface area (Å²) in [6.45, 7) is 5.93. The van der Waals surface area contributed by atoms with Crippen molar-refractivity contribution in [3.05, 3.63) is 82.7 Å². The average Bonchev–Trinajstić information content (AvgIpc) is 3.12. The number of rotatable bonds is 6. The minimum Gasteiger partial charge on any atom is -0.351 e. The van der Waals surface area contributed by atoms with Crippen molar-refractivity contribution < 1.29 is 19.2 Å². The molecule has 9 nitrogen and oxygen atoms in total. The van der Waals surface area contributed by atoms with Crippen LogP contribution in [0.1, 0.15) is 24.0 Å². The molecule has 192 valence electrons. The van der Waals surface area contributed by atoms with Crippen LogP contribution in [0.25, 0.3) is 0 Å². The maximum Gasteiger partial charge on any atom is 0.324 e. The Labute approximate surface area is 220 Å². The Morgan fingerprint density at radius 3 is 2.65 bits per heavy atom. The van der Waals surface area contributed by atoms with Crippen LogP contribution in [0.15, 0.2) is 66.5 Å². The third-order valence-electron chi connectivity index (χ3n) is 6.37. The van der Waals surface area contributed by atoms with Crippen molar-refractivity contribution >= 4 is 46.7 Å². The Morgan fingerprint density at radius 1 is 1.19 bits per heavy atom. The number of nitrogens with one attached hydrogen (secondary N) is 2. The van der Waals surface area contributed by atoms with E-state index in [2.05, 4.69) is 17.2 Å². The van der Waals surface area contributed by atoms with Gasteiger partial charge in [0.15, 0.2) is 0 Å². The molecule has 0 saturated carbocycles. The summed E-state index contributed by atoms with van der Waals surface area (Å²) in [4.78, 5) is 54.9. The number of amides is 5. The fourth-order valence-corrected chi connectivity index (χ4v) is 4.45. The predicted molar refractivity (Wildman–Crippen MR) is 142 cm³/mol. The van der Waals surface area contributed by atoms with Gasteiger partial charge >= 0.3 is 6.03 Å². The third-order valence-corrected chi connectivity index (χ3v) is 6.78. The summed E-state index contributed by atoms with van der Waals surface area (Å²) >= 11 is 6.21. The van der Waals surface area contributed by atoms with Crippen molar-refractivity contribution in [1.82, 2.24) is 15.1 Å². The molecule has 4 rings (SSSR count). The molecule has 37 heavy (non-hydrogen) atoms. The fraction of sp³-hybridized carbons (Fsp3) is 0.259. The van der Waals surface area contributed by atoms with E-state index in [1.165, 1.54) is 11.0 Å². The number of imide groups is 1. The molecule has 0 aliphatic carbocycles. The Balaban J connectivity index is 1.41. The van der Waals surface area contributed by atoms with Crippen molar-refractivity contribution in [3.63, 3.8) is 0 Å². The van der Waals surface area contributed by atoms with Crippen LogP contribution in [-0.2, 0) is 20.9 Å². The fourth-order valence-electron chi connectivity index (χ4n) is 4.28. The number of aryl methyl sites for hydroxylation is 1. The van der Waals surface area contributed by atoms with Gasteiger partial charge < -0.3 is 15.5 Å². The summed E-state index contributed by atoms with van der Waals surface area (Å²) in [6.07, 6.45) is 2.03. The van der Waals surface area contributed by atoms with Crippen LogP contribution in [0.5, 0.6) is 0 Å². The van der Waals surface area contributed by atoms with E-state index < -0.39 is 23.8 Å². The zero-order valence-electron chi connectivity index (χ0n) is 20.9. The molecular weight excluding hydrogens is 494 g/mol. The lowest BCUT2D eigenvalue weighted by atomic mass is 10.0. The number of benzene rings is 2. The second-order valence-electron chi connectivity index (χ2n) is 9.18.